The van der Waals surface area contributed by atoms with Gasteiger partial charge in [-0.3, -0.25) is 4.98 Å². The number of benzene rings is 1. The largest absolute Gasteiger partial charge is 0.547 e. The van der Waals surface area contributed by atoms with Gasteiger partial charge in [0.05, 0.1) is 23.7 Å². The summed E-state index contributed by atoms with van der Waals surface area (Å²) in [6.07, 6.45) is -0.853. The Hall–Kier alpha value is -2.56. The van der Waals surface area contributed by atoms with E-state index in [4.69, 9.17) is 26.6 Å². The molecule has 0 unspecified atom stereocenters. The number of carbonyl (C=O) groups excluding carboxylic acids is 2. The van der Waals surface area contributed by atoms with Gasteiger partial charge < -0.3 is 40.1 Å². The summed E-state index contributed by atoms with van der Waals surface area (Å²) in [4.78, 5) is 23.7. The zero-order valence-electron chi connectivity index (χ0n) is 16.5. The molecule has 3 atom stereocenters. The fraction of sp³-hybridized carbons (Fsp3) is 0.381. The number of halogens is 1. The van der Waals surface area contributed by atoms with Crippen molar-refractivity contribution >= 4 is 23.5 Å². The topological polar surface area (TPSA) is 155 Å². The number of pyridine rings is 1. The first kappa shape index (κ1) is 24.7. The molecule has 1 fully saturated rings. The van der Waals surface area contributed by atoms with Crippen LogP contribution in [0.1, 0.15) is 30.2 Å². The number of carboxylic acid groups (broad SMARTS) is 2. The number of carbonyl (C=O) groups is 2. The Bertz CT molecular complexity index is 811. The van der Waals surface area contributed by atoms with E-state index in [1.807, 2.05) is 48.7 Å². The molecule has 168 valence electrons. The summed E-state index contributed by atoms with van der Waals surface area (Å²) >= 11 is 5.99. The molecule has 0 bridgehead atoms. The molecule has 1 aromatic carbocycles. The van der Waals surface area contributed by atoms with Crippen LogP contribution in [0.5, 0.6) is 0 Å². The zero-order chi connectivity index (χ0) is 22.8. The maximum Gasteiger partial charge on any atom is 0.125 e. The van der Waals surface area contributed by atoms with E-state index in [0.29, 0.717) is 0 Å². The third-order valence-electron chi connectivity index (χ3n) is 4.53. The van der Waals surface area contributed by atoms with Gasteiger partial charge in [-0.1, -0.05) is 29.8 Å². The molecule has 0 aliphatic carbocycles. The number of aliphatic hydroxyl groups excluding tert-OH is 2. The molecule has 9 nitrogen and oxygen atoms in total. The van der Waals surface area contributed by atoms with Crippen LogP contribution in [0.2, 0.25) is 5.02 Å². The average Bonchev–Trinajstić information content (AvgIpc) is 2.78. The first-order valence-electron chi connectivity index (χ1n) is 9.60. The van der Waals surface area contributed by atoms with Crippen LogP contribution in [-0.2, 0) is 14.3 Å². The predicted octanol–water partition coefficient (Wildman–Crippen LogP) is -1.20. The molecule has 0 saturated carbocycles. The standard InChI is InChI=1S/C17H19ClN2O.C4H6O6/c18-14-6-4-13(5-7-14)17(16-3-1-2-10-20-16)21-15-8-11-19-12-9-15;5-1(3(7)8)2(6)4(9)10/h1-7,10,15,17,19H,8-9,11-12H2;1-2,5-6H,(H,7,8)(H,9,10)/p-2/t17-;1-,2-/m01/s1. The first-order chi connectivity index (χ1) is 14.8. The second-order valence-corrected chi connectivity index (χ2v) is 7.24. The van der Waals surface area contributed by atoms with Crippen molar-refractivity contribution in [2.24, 2.45) is 0 Å². The van der Waals surface area contributed by atoms with Crippen molar-refractivity contribution in [2.45, 2.75) is 37.3 Å². The molecule has 3 N–H and O–H groups in total. The highest BCUT2D eigenvalue weighted by Crippen LogP contribution is 2.28. The Morgan fingerprint density at radius 1 is 1.03 bits per heavy atom. The normalized spacial score (nSPS) is 17.0. The smallest absolute Gasteiger partial charge is 0.125 e. The van der Waals surface area contributed by atoms with E-state index in [-0.39, 0.29) is 12.2 Å². The van der Waals surface area contributed by atoms with Crippen molar-refractivity contribution in [3.8, 4) is 0 Å². The molecule has 0 radical (unpaired) electrons. The Morgan fingerprint density at radius 3 is 2.10 bits per heavy atom. The van der Waals surface area contributed by atoms with E-state index in [1.165, 1.54) is 0 Å². The lowest BCUT2D eigenvalue weighted by Crippen LogP contribution is -2.51. The number of hydrogen-bond donors (Lipinski definition) is 3. The summed E-state index contributed by atoms with van der Waals surface area (Å²) in [6.45, 7) is 2.03. The summed E-state index contributed by atoms with van der Waals surface area (Å²) < 4.78 is 6.36. The fourth-order valence-corrected chi connectivity index (χ4v) is 3.00. The minimum Gasteiger partial charge on any atom is -0.547 e. The van der Waals surface area contributed by atoms with Gasteiger partial charge in [-0.2, -0.15) is 0 Å². The van der Waals surface area contributed by atoms with Crippen LogP contribution in [0.15, 0.2) is 48.7 Å². The minimum absolute atomic E-state index is 0.133. The predicted molar refractivity (Wildman–Crippen MR) is 107 cm³/mol. The van der Waals surface area contributed by atoms with Gasteiger partial charge in [-0.15, -0.1) is 0 Å². The molecule has 1 saturated heterocycles. The highest BCUT2D eigenvalue weighted by atomic mass is 35.5. The molecular weight excluding hydrogens is 428 g/mol. The van der Waals surface area contributed by atoms with Crippen molar-refractivity contribution in [1.82, 2.24) is 10.3 Å². The van der Waals surface area contributed by atoms with Gasteiger partial charge in [-0.25, -0.2) is 0 Å². The van der Waals surface area contributed by atoms with Crippen LogP contribution in [0.3, 0.4) is 0 Å². The monoisotopic (exact) mass is 450 g/mol. The Labute approximate surface area is 184 Å². The summed E-state index contributed by atoms with van der Waals surface area (Å²) in [5, 5.41) is 39.8. The second kappa shape index (κ2) is 12.3. The lowest BCUT2D eigenvalue weighted by Gasteiger charge is -2.28. The van der Waals surface area contributed by atoms with Gasteiger partial charge in [0.2, 0.25) is 0 Å². The van der Waals surface area contributed by atoms with Crippen LogP contribution in [0, 0.1) is 0 Å². The van der Waals surface area contributed by atoms with Gasteiger partial charge in [0.25, 0.3) is 0 Å². The molecular formula is C21H23ClN2O7-2. The third-order valence-corrected chi connectivity index (χ3v) is 4.78. The summed E-state index contributed by atoms with van der Waals surface area (Å²) in [5.41, 5.74) is 2.04. The zero-order valence-corrected chi connectivity index (χ0v) is 17.3. The van der Waals surface area contributed by atoms with Crippen molar-refractivity contribution < 1.29 is 34.8 Å². The van der Waals surface area contributed by atoms with Crippen LogP contribution in [0.4, 0.5) is 0 Å². The summed E-state index contributed by atoms with van der Waals surface area (Å²) in [7, 11) is 0. The highest BCUT2D eigenvalue weighted by molar-refractivity contribution is 6.30. The Kier molecular flexibility index (Phi) is 9.83. The van der Waals surface area contributed by atoms with E-state index in [9.17, 15) is 19.8 Å². The average molecular weight is 451 g/mol. The molecule has 0 amide bonds. The van der Waals surface area contributed by atoms with Crippen molar-refractivity contribution in [2.75, 3.05) is 13.1 Å². The van der Waals surface area contributed by atoms with Crippen LogP contribution in [0.25, 0.3) is 0 Å². The van der Waals surface area contributed by atoms with Crippen molar-refractivity contribution in [3.05, 3.63) is 64.9 Å². The Balaban J connectivity index is 0.000000291. The highest BCUT2D eigenvalue weighted by Gasteiger charge is 2.22. The number of rotatable bonds is 7. The van der Waals surface area contributed by atoms with Crippen molar-refractivity contribution in [3.63, 3.8) is 0 Å². The van der Waals surface area contributed by atoms with E-state index in [2.05, 4.69) is 10.3 Å². The van der Waals surface area contributed by atoms with E-state index in [1.54, 1.807) is 0 Å². The van der Waals surface area contributed by atoms with Gasteiger partial charge in [0, 0.05) is 11.2 Å². The summed E-state index contributed by atoms with van der Waals surface area (Å²) in [6, 6.07) is 13.8. The number of aliphatic carboxylic acids is 2. The van der Waals surface area contributed by atoms with Crippen LogP contribution < -0.4 is 15.5 Å². The van der Waals surface area contributed by atoms with Gasteiger partial charge in [0.1, 0.15) is 18.3 Å². The molecule has 0 spiro atoms. The third kappa shape index (κ3) is 7.89. The number of aromatic nitrogens is 1. The number of aliphatic hydroxyl groups is 2. The molecule has 2 aromatic rings. The maximum atomic E-state index is 9.63. The fourth-order valence-electron chi connectivity index (χ4n) is 2.87. The van der Waals surface area contributed by atoms with E-state index >= 15 is 0 Å². The van der Waals surface area contributed by atoms with Crippen LogP contribution >= 0.6 is 11.6 Å². The molecule has 1 aliphatic rings. The molecule has 10 heteroatoms. The van der Waals surface area contributed by atoms with Crippen LogP contribution in [-0.4, -0.2) is 58.5 Å². The molecule has 1 aliphatic heterocycles. The number of piperidine rings is 1. The minimum atomic E-state index is -2.44. The second-order valence-electron chi connectivity index (χ2n) is 6.80. The quantitative estimate of drug-likeness (QED) is 0.471. The number of hydrogen-bond acceptors (Lipinski definition) is 9. The SMILES string of the molecule is Clc1ccc([C@H](OC2CCNCC2)c2ccccn2)cc1.O=C([O-])[C@H](O)[C@@H](O)C(=O)[O-]. The maximum absolute atomic E-state index is 9.63. The molecule has 2 heterocycles. The number of nitrogens with one attached hydrogen (secondary N) is 1. The molecule has 3 rings (SSSR count). The van der Waals surface area contributed by atoms with Gasteiger partial charge >= 0.3 is 0 Å². The Morgan fingerprint density at radius 2 is 1.61 bits per heavy atom. The number of nitrogens with zero attached hydrogens (tertiary/aromatic N) is 1. The lowest BCUT2D eigenvalue weighted by molar-refractivity contribution is -0.333. The van der Waals surface area contributed by atoms with Gasteiger partial charge in [0.15, 0.2) is 0 Å². The van der Waals surface area contributed by atoms with E-state index in [0.717, 1.165) is 42.2 Å². The number of ether oxygens (including phenoxy) is 1. The first-order valence-corrected chi connectivity index (χ1v) is 9.97. The lowest BCUT2D eigenvalue weighted by atomic mass is 10.0. The van der Waals surface area contributed by atoms with Gasteiger partial charge in [-0.05, 0) is 55.8 Å². The van der Waals surface area contributed by atoms with E-state index < -0.39 is 24.1 Å². The molecule has 1 aromatic heterocycles. The summed E-state index contributed by atoms with van der Waals surface area (Å²) in [5.74, 6) is -4.12. The van der Waals surface area contributed by atoms with Crippen molar-refractivity contribution in [1.29, 1.82) is 0 Å². The number of carboxylic acids is 2. The molecule has 31 heavy (non-hydrogen) atoms.